The number of aliphatic hydroxyl groups is 2. The Labute approximate surface area is 125 Å². The highest BCUT2D eigenvalue weighted by Crippen LogP contribution is 2.13. The minimum absolute atomic E-state index is 0.000532. The van der Waals surface area contributed by atoms with Gasteiger partial charge in [0.1, 0.15) is 0 Å². The van der Waals surface area contributed by atoms with Crippen LogP contribution in [0.2, 0.25) is 0 Å². The molecular formula is C16H24N2O3. The van der Waals surface area contributed by atoms with Crippen molar-refractivity contribution in [2.75, 3.05) is 19.7 Å². The first-order chi connectivity index (χ1) is 10.1. The van der Waals surface area contributed by atoms with Crippen molar-refractivity contribution in [2.45, 2.75) is 38.5 Å². The van der Waals surface area contributed by atoms with Gasteiger partial charge in [0.25, 0.3) is 0 Å². The van der Waals surface area contributed by atoms with Crippen LogP contribution in [0.5, 0.6) is 0 Å². The lowest BCUT2D eigenvalue weighted by Crippen LogP contribution is -2.43. The molecule has 1 amide bonds. The zero-order valence-electron chi connectivity index (χ0n) is 12.5. The molecule has 0 radical (unpaired) electrons. The SMILES string of the molecule is Cc1ccc(CN(CCCO)C(=O)[C@@H]2C[C@@H](O)CN2)cc1. The Morgan fingerprint density at radius 1 is 1.38 bits per heavy atom. The minimum Gasteiger partial charge on any atom is -0.396 e. The van der Waals surface area contributed by atoms with Gasteiger partial charge in [-0.25, -0.2) is 0 Å². The standard InChI is InChI=1S/C16H24N2O3/c1-12-3-5-13(6-4-12)11-18(7-2-8-19)16(21)15-9-14(20)10-17-15/h3-6,14-15,17,19-20H,2,7-11H2,1H3/t14-,15+/m1/s1. The second-order valence-corrected chi connectivity index (χ2v) is 5.67. The fourth-order valence-electron chi connectivity index (χ4n) is 2.57. The van der Waals surface area contributed by atoms with Crippen LogP contribution in [-0.2, 0) is 11.3 Å². The summed E-state index contributed by atoms with van der Waals surface area (Å²) >= 11 is 0. The van der Waals surface area contributed by atoms with E-state index in [0.29, 0.717) is 32.5 Å². The van der Waals surface area contributed by atoms with Crippen LogP contribution in [0, 0.1) is 6.92 Å². The van der Waals surface area contributed by atoms with E-state index in [2.05, 4.69) is 5.32 Å². The number of hydrogen-bond acceptors (Lipinski definition) is 4. The molecule has 1 fully saturated rings. The molecule has 5 nitrogen and oxygen atoms in total. The molecule has 5 heteroatoms. The minimum atomic E-state index is -0.446. The largest absolute Gasteiger partial charge is 0.396 e. The maximum Gasteiger partial charge on any atom is 0.240 e. The number of carbonyl (C=O) groups is 1. The number of hydrogen-bond donors (Lipinski definition) is 3. The molecule has 1 aromatic rings. The molecule has 1 saturated heterocycles. The summed E-state index contributed by atoms with van der Waals surface area (Å²) in [7, 11) is 0. The fraction of sp³-hybridized carbons (Fsp3) is 0.562. The van der Waals surface area contributed by atoms with E-state index in [1.807, 2.05) is 31.2 Å². The van der Waals surface area contributed by atoms with Crippen LogP contribution in [-0.4, -0.2) is 52.9 Å². The van der Waals surface area contributed by atoms with Gasteiger partial charge in [-0.1, -0.05) is 29.8 Å². The molecular weight excluding hydrogens is 268 g/mol. The van der Waals surface area contributed by atoms with Gasteiger partial charge in [-0.2, -0.15) is 0 Å². The summed E-state index contributed by atoms with van der Waals surface area (Å²) in [4.78, 5) is 14.3. The quantitative estimate of drug-likeness (QED) is 0.711. The summed E-state index contributed by atoms with van der Waals surface area (Å²) in [5.41, 5.74) is 2.26. The van der Waals surface area contributed by atoms with Crippen LogP contribution in [0.15, 0.2) is 24.3 Å². The maximum absolute atomic E-state index is 12.5. The molecule has 1 aliphatic heterocycles. The Hall–Kier alpha value is -1.43. The molecule has 2 atom stereocenters. The highest BCUT2D eigenvalue weighted by molar-refractivity contribution is 5.82. The molecule has 1 aliphatic rings. The third-order valence-electron chi connectivity index (χ3n) is 3.80. The van der Waals surface area contributed by atoms with Gasteiger partial charge in [0.05, 0.1) is 12.1 Å². The lowest BCUT2D eigenvalue weighted by molar-refractivity contribution is -0.134. The van der Waals surface area contributed by atoms with E-state index in [9.17, 15) is 9.90 Å². The van der Waals surface area contributed by atoms with Crippen LogP contribution in [0.4, 0.5) is 0 Å². The third-order valence-corrected chi connectivity index (χ3v) is 3.80. The smallest absolute Gasteiger partial charge is 0.240 e. The van der Waals surface area contributed by atoms with Crippen molar-refractivity contribution in [1.82, 2.24) is 10.2 Å². The molecule has 21 heavy (non-hydrogen) atoms. The number of amides is 1. The predicted molar refractivity (Wildman–Crippen MR) is 80.7 cm³/mol. The normalized spacial score (nSPS) is 21.5. The van der Waals surface area contributed by atoms with E-state index in [1.165, 1.54) is 5.56 Å². The summed E-state index contributed by atoms with van der Waals surface area (Å²) < 4.78 is 0. The average molecular weight is 292 g/mol. The van der Waals surface area contributed by atoms with Crippen LogP contribution in [0.1, 0.15) is 24.0 Å². The monoisotopic (exact) mass is 292 g/mol. The molecule has 0 spiro atoms. The van der Waals surface area contributed by atoms with E-state index in [-0.39, 0.29) is 18.6 Å². The molecule has 0 aliphatic carbocycles. The third kappa shape index (κ3) is 4.52. The molecule has 0 aromatic heterocycles. The molecule has 0 bridgehead atoms. The Morgan fingerprint density at radius 3 is 2.67 bits per heavy atom. The first-order valence-corrected chi connectivity index (χ1v) is 7.47. The van der Waals surface area contributed by atoms with Gasteiger partial charge in [-0.05, 0) is 25.3 Å². The van der Waals surface area contributed by atoms with Crippen LogP contribution < -0.4 is 5.32 Å². The van der Waals surface area contributed by atoms with Crippen molar-refractivity contribution in [2.24, 2.45) is 0 Å². The van der Waals surface area contributed by atoms with E-state index in [1.54, 1.807) is 4.90 Å². The number of β-amino-alcohol motifs (C(OH)–C–C–N with tert-alkyl or cyclic N) is 1. The van der Waals surface area contributed by atoms with E-state index in [4.69, 9.17) is 5.11 Å². The number of rotatable bonds is 6. The molecule has 0 unspecified atom stereocenters. The van der Waals surface area contributed by atoms with Gasteiger partial charge in [0.15, 0.2) is 0 Å². The van der Waals surface area contributed by atoms with Crippen molar-refractivity contribution >= 4 is 5.91 Å². The number of benzene rings is 1. The zero-order valence-corrected chi connectivity index (χ0v) is 12.5. The van der Waals surface area contributed by atoms with Gasteiger partial charge in [-0.15, -0.1) is 0 Å². The topological polar surface area (TPSA) is 72.8 Å². The second-order valence-electron chi connectivity index (χ2n) is 5.67. The number of aryl methyl sites for hydroxylation is 1. The number of nitrogens with one attached hydrogen (secondary N) is 1. The van der Waals surface area contributed by atoms with Gasteiger partial charge >= 0.3 is 0 Å². The molecule has 3 N–H and O–H groups in total. The van der Waals surface area contributed by atoms with Gasteiger partial charge in [-0.3, -0.25) is 4.79 Å². The summed E-state index contributed by atoms with van der Waals surface area (Å²) in [6.45, 7) is 3.63. The Morgan fingerprint density at radius 2 is 2.10 bits per heavy atom. The van der Waals surface area contributed by atoms with Gasteiger partial charge in [0, 0.05) is 26.2 Å². The van der Waals surface area contributed by atoms with Crippen molar-refractivity contribution in [3.8, 4) is 0 Å². The lowest BCUT2D eigenvalue weighted by atomic mass is 10.1. The summed E-state index contributed by atoms with van der Waals surface area (Å²) in [5, 5.41) is 21.6. The Bertz CT molecular complexity index is 461. The van der Waals surface area contributed by atoms with Crippen LogP contribution in [0.25, 0.3) is 0 Å². The maximum atomic E-state index is 12.5. The van der Waals surface area contributed by atoms with Crippen molar-refractivity contribution in [1.29, 1.82) is 0 Å². The molecule has 116 valence electrons. The summed E-state index contributed by atoms with van der Waals surface area (Å²) in [6.07, 6.45) is 0.577. The first kappa shape index (κ1) is 15.9. The first-order valence-electron chi connectivity index (χ1n) is 7.47. The van der Waals surface area contributed by atoms with Crippen molar-refractivity contribution in [3.05, 3.63) is 35.4 Å². The fourth-order valence-corrected chi connectivity index (χ4v) is 2.57. The average Bonchev–Trinajstić information content (AvgIpc) is 2.91. The zero-order chi connectivity index (χ0) is 15.2. The Balaban J connectivity index is 2.02. The van der Waals surface area contributed by atoms with E-state index >= 15 is 0 Å². The second kappa shape index (κ2) is 7.54. The van der Waals surface area contributed by atoms with Crippen molar-refractivity contribution in [3.63, 3.8) is 0 Å². The van der Waals surface area contributed by atoms with Crippen LogP contribution >= 0.6 is 0 Å². The lowest BCUT2D eigenvalue weighted by Gasteiger charge is -2.25. The van der Waals surface area contributed by atoms with Gasteiger partial charge < -0.3 is 20.4 Å². The molecule has 1 aromatic carbocycles. The van der Waals surface area contributed by atoms with Crippen LogP contribution in [0.3, 0.4) is 0 Å². The highest BCUT2D eigenvalue weighted by atomic mass is 16.3. The Kier molecular flexibility index (Phi) is 5.73. The van der Waals surface area contributed by atoms with Crippen molar-refractivity contribution < 1.29 is 15.0 Å². The van der Waals surface area contributed by atoms with E-state index in [0.717, 1.165) is 5.56 Å². The van der Waals surface area contributed by atoms with Gasteiger partial charge in [0.2, 0.25) is 5.91 Å². The summed E-state index contributed by atoms with van der Waals surface area (Å²) in [6, 6.07) is 7.78. The predicted octanol–water partition coefficient (Wildman–Crippen LogP) is 0.429. The van der Waals surface area contributed by atoms with E-state index < -0.39 is 6.10 Å². The number of nitrogens with zero attached hydrogens (tertiary/aromatic N) is 1. The number of aliphatic hydroxyl groups excluding tert-OH is 2. The highest BCUT2D eigenvalue weighted by Gasteiger charge is 2.31. The summed E-state index contributed by atoms with van der Waals surface area (Å²) in [5.74, 6) is 0.000532. The number of carbonyl (C=O) groups excluding carboxylic acids is 1. The molecule has 2 rings (SSSR count). The molecule has 0 saturated carbocycles. The molecule has 1 heterocycles.